The second-order valence-electron chi connectivity index (χ2n) is 12.3. The number of nitrogens with one attached hydrogen (secondary N) is 1. The third-order valence-electron chi connectivity index (χ3n) is 8.01. The zero-order valence-electron chi connectivity index (χ0n) is 25.1. The summed E-state index contributed by atoms with van der Waals surface area (Å²) in [5, 5.41) is 15.1. The van der Waals surface area contributed by atoms with Gasteiger partial charge in [0.1, 0.15) is 34.1 Å². The van der Waals surface area contributed by atoms with Crippen LogP contribution in [0.3, 0.4) is 0 Å². The zero-order chi connectivity index (χ0) is 30.6. The quantitative estimate of drug-likeness (QED) is 0.406. The predicted octanol–water partition coefficient (Wildman–Crippen LogP) is 5.06. The Kier molecular flexibility index (Phi) is 9.91. The van der Waals surface area contributed by atoms with Crippen LogP contribution >= 0.6 is 11.3 Å². The molecule has 0 spiro atoms. The maximum atomic E-state index is 14.2. The highest BCUT2D eigenvalue weighted by Crippen LogP contribution is 2.36. The minimum Gasteiger partial charge on any atom is -0.508 e. The van der Waals surface area contributed by atoms with Gasteiger partial charge in [-0.3, -0.25) is 19.3 Å². The number of likely N-dealkylation sites (N-methyl/N-ethyl adjacent to an activating group) is 1. The number of rotatable bonds is 8. The molecule has 1 saturated heterocycles. The molecule has 1 aromatic carbocycles. The summed E-state index contributed by atoms with van der Waals surface area (Å²) in [4.78, 5) is 60.8. The molecule has 3 atom stereocenters. The molecule has 1 aromatic heterocycles. The number of thiazole rings is 1. The molecule has 42 heavy (non-hydrogen) atoms. The number of aromatic hydroxyl groups is 1. The van der Waals surface area contributed by atoms with Crippen LogP contribution < -0.4 is 5.32 Å². The number of likely N-dealkylation sites (tertiary alicyclic amines) is 1. The fraction of sp³-hybridized carbons (Fsp3) is 0.581. The van der Waals surface area contributed by atoms with Crippen molar-refractivity contribution in [2.45, 2.75) is 96.4 Å². The van der Waals surface area contributed by atoms with E-state index in [-0.39, 0.29) is 35.1 Å². The molecule has 3 amide bonds. The van der Waals surface area contributed by atoms with Crippen molar-refractivity contribution in [3.63, 3.8) is 0 Å². The molecular weight excluding hydrogens is 556 g/mol. The molecule has 4 rings (SSSR count). The van der Waals surface area contributed by atoms with Crippen molar-refractivity contribution >= 4 is 35.0 Å². The monoisotopic (exact) mass is 598 g/mol. The molecule has 0 unspecified atom stereocenters. The summed E-state index contributed by atoms with van der Waals surface area (Å²) in [6.07, 6.45) is 5.66. The highest BCUT2D eigenvalue weighted by Gasteiger charge is 2.41. The number of aromatic nitrogens is 1. The molecule has 2 N–H and O–H groups in total. The van der Waals surface area contributed by atoms with Gasteiger partial charge in [0.25, 0.3) is 0 Å². The lowest BCUT2D eigenvalue weighted by Crippen LogP contribution is -2.56. The van der Waals surface area contributed by atoms with Crippen LogP contribution in [0.2, 0.25) is 0 Å². The van der Waals surface area contributed by atoms with Crippen LogP contribution in [0, 0.1) is 5.92 Å². The molecule has 2 aliphatic rings. The number of ketones is 1. The molecule has 2 aromatic rings. The Morgan fingerprint density at radius 1 is 1.12 bits per heavy atom. The Morgan fingerprint density at radius 2 is 1.83 bits per heavy atom. The molecule has 0 bridgehead atoms. The molecule has 1 aliphatic heterocycles. The first-order chi connectivity index (χ1) is 19.9. The normalized spacial score (nSPS) is 19.2. The molecule has 10 nitrogen and oxygen atoms in total. The van der Waals surface area contributed by atoms with Gasteiger partial charge in [-0.2, -0.15) is 0 Å². The van der Waals surface area contributed by atoms with Crippen molar-refractivity contribution < 1.29 is 29.0 Å². The molecule has 228 valence electrons. The maximum absolute atomic E-state index is 14.2. The Hall–Kier alpha value is -3.47. The maximum Gasteiger partial charge on any atom is 0.410 e. The van der Waals surface area contributed by atoms with E-state index in [1.807, 2.05) is 0 Å². The van der Waals surface area contributed by atoms with Crippen molar-refractivity contribution in [1.82, 2.24) is 20.1 Å². The van der Waals surface area contributed by atoms with Gasteiger partial charge >= 0.3 is 6.09 Å². The molecule has 11 heteroatoms. The van der Waals surface area contributed by atoms with Gasteiger partial charge in [0.15, 0.2) is 0 Å². The molecule has 1 aliphatic carbocycles. The van der Waals surface area contributed by atoms with Crippen LogP contribution in [0.4, 0.5) is 4.79 Å². The van der Waals surface area contributed by atoms with Gasteiger partial charge in [-0.1, -0.05) is 31.4 Å². The standard InChI is InChI=1S/C31H42N4O6S/c1-19(34(5)30(40)41-31(2,3)4)27(38)33-25(20-11-7-6-8-12-20)29(39)35-16-10-15-24(35)28-32-23(18-42-28)26(37)21-13-9-14-22(36)17-21/h9,13-14,17-20,24-25,36H,6-8,10-12,15-16H2,1-5H3,(H,33,38)/t19-,24-,25-/m0/s1. The Balaban J connectivity index is 1.51. The number of benzene rings is 1. The van der Waals surface area contributed by atoms with Gasteiger partial charge in [0, 0.05) is 24.5 Å². The second-order valence-corrected chi connectivity index (χ2v) is 13.2. The highest BCUT2D eigenvalue weighted by atomic mass is 32.1. The van der Waals surface area contributed by atoms with Gasteiger partial charge < -0.3 is 20.1 Å². The van der Waals surface area contributed by atoms with Crippen molar-refractivity contribution in [2.75, 3.05) is 13.6 Å². The van der Waals surface area contributed by atoms with Crippen LogP contribution in [-0.4, -0.2) is 74.9 Å². The van der Waals surface area contributed by atoms with Gasteiger partial charge in [0.05, 0.1) is 6.04 Å². The van der Waals surface area contributed by atoms with E-state index in [9.17, 15) is 24.3 Å². The summed E-state index contributed by atoms with van der Waals surface area (Å²) in [6.45, 7) is 7.46. The number of hydrogen-bond acceptors (Lipinski definition) is 8. The van der Waals surface area contributed by atoms with E-state index in [0.29, 0.717) is 23.5 Å². The summed E-state index contributed by atoms with van der Waals surface area (Å²) >= 11 is 1.34. The average molecular weight is 599 g/mol. The minimum atomic E-state index is -0.835. The van der Waals surface area contributed by atoms with E-state index < -0.39 is 29.7 Å². The molecule has 0 radical (unpaired) electrons. The Labute approximate surface area is 251 Å². The number of hydrogen-bond donors (Lipinski definition) is 2. The van der Waals surface area contributed by atoms with Gasteiger partial charge in [0.2, 0.25) is 17.6 Å². The highest BCUT2D eigenvalue weighted by molar-refractivity contribution is 7.10. The van der Waals surface area contributed by atoms with E-state index in [1.54, 1.807) is 50.1 Å². The number of phenolic OH excluding ortho intramolecular Hbond substituents is 1. The average Bonchev–Trinajstić information content (AvgIpc) is 3.64. The summed E-state index contributed by atoms with van der Waals surface area (Å²) in [6, 6.07) is 4.30. The summed E-state index contributed by atoms with van der Waals surface area (Å²) in [5.74, 6) is -0.849. The number of ether oxygens (including phenoxy) is 1. The fourth-order valence-corrected chi connectivity index (χ4v) is 6.54. The molecule has 2 heterocycles. The molecule has 2 fully saturated rings. The first-order valence-electron chi connectivity index (χ1n) is 14.7. The van der Waals surface area contributed by atoms with Crippen molar-refractivity contribution in [2.24, 2.45) is 5.92 Å². The van der Waals surface area contributed by atoms with Gasteiger partial charge in [-0.05, 0) is 71.4 Å². The number of phenols is 1. The van der Waals surface area contributed by atoms with E-state index in [0.717, 1.165) is 38.5 Å². The smallest absolute Gasteiger partial charge is 0.410 e. The zero-order valence-corrected chi connectivity index (χ0v) is 25.9. The lowest BCUT2D eigenvalue weighted by atomic mass is 9.83. The van der Waals surface area contributed by atoms with E-state index in [4.69, 9.17) is 4.74 Å². The largest absolute Gasteiger partial charge is 0.508 e. The van der Waals surface area contributed by atoms with Crippen molar-refractivity contribution in [3.8, 4) is 5.75 Å². The van der Waals surface area contributed by atoms with E-state index in [1.165, 1.54) is 35.4 Å². The summed E-state index contributed by atoms with van der Waals surface area (Å²) in [7, 11) is 1.52. The van der Waals surface area contributed by atoms with Gasteiger partial charge in [-0.15, -0.1) is 11.3 Å². The molecule has 1 saturated carbocycles. The lowest BCUT2D eigenvalue weighted by Gasteiger charge is -2.36. The molecular formula is C31H42N4O6S. The van der Waals surface area contributed by atoms with Crippen LogP contribution in [0.15, 0.2) is 29.6 Å². The van der Waals surface area contributed by atoms with E-state index >= 15 is 0 Å². The summed E-state index contributed by atoms with van der Waals surface area (Å²) < 4.78 is 5.43. The van der Waals surface area contributed by atoms with E-state index in [2.05, 4.69) is 10.3 Å². The Bertz CT molecular complexity index is 1300. The third kappa shape index (κ3) is 7.48. The van der Waals surface area contributed by atoms with Crippen LogP contribution in [-0.2, 0) is 14.3 Å². The van der Waals surface area contributed by atoms with Crippen LogP contribution in [0.5, 0.6) is 5.75 Å². The number of carbonyl (C=O) groups excluding carboxylic acids is 4. The topological polar surface area (TPSA) is 129 Å². The summed E-state index contributed by atoms with van der Waals surface area (Å²) in [5.41, 5.74) is -0.0800. The Morgan fingerprint density at radius 3 is 2.50 bits per heavy atom. The van der Waals surface area contributed by atoms with Crippen molar-refractivity contribution in [1.29, 1.82) is 0 Å². The predicted molar refractivity (Wildman–Crippen MR) is 159 cm³/mol. The van der Waals surface area contributed by atoms with Crippen LogP contribution in [0.1, 0.15) is 99.7 Å². The number of carbonyl (C=O) groups is 4. The third-order valence-corrected chi connectivity index (χ3v) is 8.96. The minimum absolute atomic E-state index is 0.00493. The number of nitrogens with zero attached hydrogens (tertiary/aromatic N) is 3. The second kappa shape index (κ2) is 13.2. The number of amides is 3. The SMILES string of the molecule is C[C@@H](C(=O)N[C@H](C(=O)N1CCC[C@H]1c1nc(C(=O)c2cccc(O)c2)cs1)C1CCCCC1)N(C)C(=O)OC(C)(C)C. The lowest BCUT2D eigenvalue weighted by molar-refractivity contribution is -0.140. The van der Waals surface area contributed by atoms with Crippen molar-refractivity contribution in [3.05, 3.63) is 45.9 Å². The fourth-order valence-electron chi connectivity index (χ4n) is 5.60. The van der Waals surface area contributed by atoms with Crippen LogP contribution in [0.25, 0.3) is 0 Å². The van der Waals surface area contributed by atoms with Gasteiger partial charge in [-0.25, -0.2) is 9.78 Å². The first kappa shape index (κ1) is 31.5. The first-order valence-corrected chi connectivity index (χ1v) is 15.6.